The van der Waals surface area contributed by atoms with E-state index in [0.717, 1.165) is 11.1 Å². The number of hydrogen-bond donors (Lipinski definition) is 2. The SMILES string of the molecule is CC(C)NC(=O)NC(c1ccccc1)c1ccccc1. The van der Waals surface area contributed by atoms with Crippen molar-refractivity contribution < 1.29 is 4.79 Å². The van der Waals surface area contributed by atoms with E-state index < -0.39 is 0 Å². The zero-order chi connectivity index (χ0) is 14.4. The zero-order valence-electron chi connectivity index (χ0n) is 11.8. The molecule has 0 radical (unpaired) electrons. The molecule has 0 spiro atoms. The number of carbonyl (C=O) groups is 1. The Kier molecular flexibility index (Phi) is 4.77. The summed E-state index contributed by atoms with van der Waals surface area (Å²) < 4.78 is 0. The van der Waals surface area contributed by atoms with Gasteiger partial charge in [-0.3, -0.25) is 0 Å². The lowest BCUT2D eigenvalue weighted by atomic mass is 9.99. The van der Waals surface area contributed by atoms with E-state index in [1.54, 1.807) is 0 Å². The molecule has 2 amide bonds. The van der Waals surface area contributed by atoms with Gasteiger partial charge in [0.1, 0.15) is 0 Å². The van der Waals surface area contributed by atoms with Crippen molar-refractivity contribution in [1.82, 2.24) is 10.6 Å². The first-order valence-corrected chi connectivity index (χ1v) is 6.83. The first-order chi connectivity index (χ1) is 9.66. The van der Waals surface area contributed by atoms with Crippen LogP contribution in [0.15, 0.2) is 60.7 Å². The summed E-state index contributed by atoms with van der Waals surface area (Å²) in [5.74, 6) is 0. The molecule has 3 heteroatoms. The molecule has 0 aliphatic heterocycles. The van der Waals surface area contributed by atoms with Crippen LogP contribution in [0.5, 0.6) is 0 Å². The van der Waals surface area contributed by atoms with Gasteiger partial charge >= 0.3 is 6.03 Å². The van der Waals surface area contributed by atoms with Crippen molar-refractivity contribution in [2.75, 3.05) is 0 Å². The predicted octanol–water partition coefficient (Wildman–Crippen LogP) is 3.48. The number of nitrogens with one attached hydrogen (secondary N) is 2. The number of benzene rings is 2. The van der Waals surface area contributed by atoms with Crippen LogP contribution in [-0.4, -0.2) is 12.1 Å². The summed E-state index contributed by atoms with van der Waals surface area (Å²) in [6, 6.07) is 19.8. The Balaban J connectivity index is 2.24. The third-order valence-corrected chi connectivity index (χ3v) is 2.96. The molecule has 104 valence electrons. The van der Waals surface area contributed by atoms with E-state index in [-0.39, 0.29) is 18.1 Å². The van der Waals surface area contributed by atoms with Gasteiger partial charge in [-0.1, -0.05) is 60.7 Å². The third-order valence-electron chi connectivity index (χ3n) is 2.96. The Morgan fingerprint density at radius 2 is 1.25 bits per heavy atom. The highest BCUT2D eigenvalue weighted by Gasteiger charge is 2.16. The minimum absolute atomic E-state index is 0.113. The molecular formula is C17H20N2O. The van der Waals surface area contributed by atoms with Crippen LogP contribution in [-0.2, 0) is 0 Å². The van der Waals surface area contributed by atoms with Crippen LogP contribution < -0.4 is 10.6 Å². The summed E-state index contributed by atoms with van der Waals surface area (Å²) in [6.45, 7) is 3.89. The van der Waals surface area contributed by atoms with Crippen molar-refractivity contribution in [3.63, 3.8) is 0 Å². The van der Waals surface area contributed by atoms with Gasteiger partial charge in [-0.15, -0.1) is 0 Å². The van der Waals surface area contributed by atoms with Gasteiger partial charge in [-0.25, -0.2) is 4.79 Å². The fourth-order valence-corrected chi connectivity index (χ4v) is 2.09. The molecule has 3 nitrogen and oxygen atoms in total. The van der Waals surface area contributed by atoms with Crippen LogP contribution in [0.25, 0.3) is 0 Å². The van der Waals surface area contributed by atoms with Gasteiger partial charge in [0.25, 0.3) is 0 Å². The number of hydrogen-bond acceptors (Lipinski definition) is 1. The summed E-state index contributed by atoms with van der Waals surface area (Å²) in [5.41, 5.74) is 2.13. The van der Waals surface area contributed by atoms with Gasteiger partial charge in [-0.05, 0) is 25.0 Å². The first-order valence-electron chi connectivity index (χ1n) is 6.83. The fourth-order valence-electron chi connectivity index (χ4n) is 2.09. The van der Waals surface area contributed by atoms with E-state index >= 15 is 0 Å². The quantitative estimate of drug-likeness (QED) is 0.875. The lowest BCUT2D eigenvalue weighted by Gasteiger charge is -2.21. The van der Waals surface area contributed by atoms with E-state index in [1.807, 2.05) is 74.5 Å². The molecular weight excluding hydrogens is 248 g/mol. The maximum Gasteiger partial charge on any atom is 0.315 e. The van der Waals surface area contributed by atoms with Crippen molar-refractivity contribution >= 4 is 6.03 Å². The highest BCUT2D eigenvalue weighted by Crippen LogP contribution is 2.21. The Morgan fingerprint density at radius 3 is 1.65 bits per heavy atom. The van der Waals surface area contributed by atoms with Crippen molar-refractivity contribution in [2.24, 2.45) is 0 Å². The second-order valence-electron chi connectivity index (χ2n) is 5.03. The summed E-state index contributed by atoms with van der Waals surface area (Å²) in [7, 11) is 0. The highest BCUT2D eigenvalue weighted by molar-refractivity contribution is 5.75. The summed E-state index contributed by atoms with van der Waals surface area (Å²) in [6.07, 6.45) is 0. The van der Waals surface area contributed by atoms with E-state index in [0.29, 0.717) is 0 Å². The monoisotopic (exact) mass is 268 g/mol. The molecule has 2 aromatic carbocycles. The molecule has 20 heavy (non-hydrogen) atoms. The second-order valence-corrected chi connectivity index (χ2v) is 5.03. The Hall–Kier alpha value is -2.29. The summed E-state index contributed by atoms with van der Waals surface area (Å²) in [4.78, 5) is 12.0. The average molecular weight is 268 g/mol. The number of rotatable bonds is 4. The molecule has 0 fully saturated rings. The minimum Gasteiger partial charge on any atom is -0.336 e. The smallest absolute Gasteiger partial charge is 0.315 e. The van der Waals surface area contributed by atoms with Crippen LogP contribution >= 0.6 is 0 Å². The van der Waals surface area contributed by atoms with Gasteiger partial charge in [0.05, 0.1) is 6.04 Å². The summed E-state index contributed by atoms with van der Waals surface area (Å²) >= 11 is 0. The molecule has 0 aliphatic carbocycles. The maximum atomic E-state index is 12.0. The molecule has 0 heterocycles. The topological polar surface area (TPSA) is 41.1 Å². The van der Waals surface area contributed by atoms with Crippen LogP contribution in [0, 0.1) is 0 Å². The van der Waals surface area contributed by atoms with Crippen molar-refractivity contribution in [3.8, 4) is 0 Å². The number of urea groups is 1. The number of amides is 2. The molecule has 0 aromatic heterocycles. The maximum absolute atomic E-state index is 12.0. The molecule has 2 aromatic rings. The highest BCUT2D eigenvalue weighted by atomic mass is 16.2. The molecule has 0 atom stereocenters. The summed E-state index contributed by atoms with van der Waals surface area (Å²) in [5, 5.41) is 5.89. The van der Waals surface area contributed by atoms with Crippen molar-refractivity contribution in [3.05, 3.63) is 71.8 Å². The largest absolute Gasteiger partial charge is 0.336 e. The lowest BCUT2D eigenvalue weighted by molar-refractivity contribution is 0.236. The van der Waals surface area contributed by atoms with Gasteiger partial charge in [0.15, 0.2) is 0 Å². The number of carbonyl (C=O) groups excluding carboxylic acids is 1. The minimum atomic E-state index is -0.155. The van der Waals surface area contributed by atoms with Gasteiger partial charge in [-0.2, -0.15) is 0 Å². The van der Waals surface area contributed by atoms with Crippen LogP contribution in [0.1, 0.15) is 31.0 Å². The standard InChI is InChI=1S/C17H20N2O/c1-13(2)18-17(20)19-16(14-9-5-3-6-10-14)15-11-7-4-8-12-15/h3-13,16H,1-2H3,(H2,18,19,20). The molecule has 0 saturated carbocycles. The van der Waals surface area contributed by atoms with Crippen molar-refractivity contribution in [1.29, 1.82) is 0 Å². The predicted molar refractivity (Wildman–Crippen MR) is 81.5 cm³/mol. The Morgan fingerprint density at radius 1 is 0.800 bits per heavy atom. The second kappa shape index (κ2) is 6.75. The van der Waals surface area contributed by atoms with Crippen molar-refractivity contribution in [2.45, 2.75) is 25.9 Å². The van der Waals surface area contributed by atoms with Crippen LogP contribution in [0.3, 0.4) is 0 Å². The van der Waals surface area contributed by atoms with Crippen LogP contribution in [0.2, 0.25) is 0 Å². The van der Waals surface area contributed by atoms with E-state index in [2.05, 4.69) is 10.6 Å². The molecule has 0 aliphatic rings. The molecule has 2 rings (SSSR count). The van der Waals surface area contributed by atoms with E-state index in [1.165, 1.54) is 0 Å². The van der Waals surface area contributed by atoms with Crippen LogP contribution in [0.4, 0.5) is 4.79 Å². The normalized spacial score (nSPS) is 10.6. The van der Waals surface area contributed by atoms with Gasteiger partial charge < -0.3 is 10.6 Å². The van der Waals surface area contributed by atoms with E-state index in [4.69, 9.17) is 0 Å². The lowest BCUT2D eigenvalue weighted by Crippen LogP contribution is -2.41. The molecule has 2 N–H and O–H groups in total. The Labute approximate surface area is 120 Å². The fraction of sp³-hybridized carbons (Fsp3) is 0.235. The molecule has 0 bridgehead atoms. The molecule has 0 unspecified atom stereocenters. The Bertz CT molecular complexity index is 498. The zero-order valence-corrected chi connectivity index (χ0v) is 11.8. The van der Waals surface area contributed by atoms with Gasteiger partial charge in [0.2, 0.25) is 0 Å². The first kappa shape index (κ1) is 14.1. The third kappa shape index (κ3) is 3.85. The molecule has 0 saturated heterocycles. The van der Waals surface area contributed by atoms with E-state index in [9.17, 15) is 4.79 Å². The van der Waals surface area contributed by atoms with Gasteiger partial charge in [0, 0.05) is 6.04 Å². The average Bonchev–Trinajstić information content (AvgIpc) is 2.46.